The number of quaternary nitrogens is 1. The van der Waals surface area contributed by atoms with Crippen LogP contribution in [0.15, 0.2) is 48.5 Å². The van der Waals surface area contributed by atoms with E-state index in [0.29, 0.717) is 5.75 Å². The Labute approximate surface area is 89.2 Å². The molecule has 0 aliphatic carbocycles. The average Bonchev–Trinajstić information content (AvgIpc) is 2.30. The van der Waals surface area contributed by atoms with Gasteiger partial charge in [0.1, 0.15) is 11.4 Å². The van der Waals surface area contributed by atoms with E-state index < -0.39 is 0 Å². The highest BCUT2D eigenvalue weighted by atomic mass is 16.3. The van der Waals surface area contributed by atoms with Crippen LogP contribution in [-0.2, 0) is 0 Å². The first-order valence-corrected chi connectivity index (χ1v) is 4.99. The summed E-state index contributed by atoms with van der Waals surface area (Å²) in [6, 6.07) is 15.5. The first-order chi connectivity index (χ1) is 7.31. The van der Waals surface area contributed by atoms with E-state index in [2.05, 4.69) is 17.4 Å². The Balaban J connectivity index is 2.49. The second-order valence-corrected chi connectivity index (χ2v) is 3.42. The predicted molar refractivity (Wildman–Crippen MR) is 61.1 cm³/mol. The predicted octanol–water partition coefficient (Wildman–Crippen LogP) is 1.88. The number of para-hydroxylation sites is 1. The van der Waals surface area contributed by atoms with Gasteiger partial charge in [-0.05, 0) is 29.8 Å². The van der Waals surface area contributed by atoms with Crippen molar-refractivity contribution >= 4 is 5.69 Å². The van der Waals surface area contributed by atoms with Gasteiger partial charge in [-0.3, -0.25) is 0 Å². The number of nitrogens with two attached hydrogens (primary N) is 1. The Bertz CT molecular complexity index is 448. The van der Waals surface area contributed by atoms with Crippen LogP contribution in [0.5, 0.6) is 5.75 Å². The number of aromatic hydroxyl groups is 1. The molecule has 2 heteroatoms. The van der Waals surface area contributed by atoms with Crippen molar-refractivity contribution in [3.05, 3.63) is 48.5 Å². The van der Waals surface area contributed by atoms with E-state index in [1.807, 2.05) is 31.3 Å². The fourth-order valence-corrected chi connectivity index (χ4v) is 1.65. The van der Waals surface area contributed by atoms with Gasteiger partial charge in [-0.2, -0.15) is 0 Å². The number of hydrogen-bond acceptors (Lipinski definition) is 1. The first-order valence-electron chi connectivity index (χ1n) is 4.99. The van der Waals surface area contributed by atoms with Crippen LogP contribution in [-0.4, -0.2) is 12.2 Å². The second kappa shape index (κ2) is 4.15. The second-order valence-electron chi connectivity index (χ2n) is 3.42. The van der Waals surface area contributed by atoms with Gasteiger partial charge in [-0.25, -0.2) is 0 Å². The quantitative estimate of drug-likeness (QED) is 0.713. The van der Waals surface area contributed by atoms with Crippen molar-refractivity contribution in [2.45, 2.75) is 0 Å². The topological polar surface area (TPSA) is 36.8 Å². The summed E-state index contributed by atoms with van der Waals surface area (Å²) in [4.78, 5) is 0. The molecule has 3 N–H and O–H groups in total. The molecule has 15 heavy (non-hydrogen) atoms. The van der Waals surface area contributed by atoms with Gasteiger partial charge >= 0.3 is 0 Å². The molecule has 2 rings (SSSR count). The van der Waals surface area contributed by atoms with Gasteiger partial charge in [-0.1, -0.05) is 24.3 Å². The molecule has 0 radical (unpaired) electrons. The SMILES string of the molecule is C[NH2+]c1ccccc1-c1ccc(O)cc1. The third-order valence-corrected chi connectivity index (χ3v) is 2.45. The lowest BCUT2D eigenvalue weighted by atomic mass is 10.0. The molecular formula is C13H14NO+. The van der Waals surface area contributed by atoms with Crippen molar-refractivity contribution in [3.8, 4) is 16.9 Å². The number of hydrogen-bond donors (Lipinski definition) is 2. The molecule has 0 aliphatic heterocycles. The van der Waals surface area contributed by atoms with Crippen LogP contribution in [0.3, 0.4) is 0 Å². The molecular weight excluding hydrogens is 186 g/mol. The molecule has 76 valence electrons. The Morgan fingerprint density at radius 3 is 2.27 bits per heavy atom. The smallest absolute Gasteiger partial charge is 0.137 e. The molecule has 0 heterocycles. The van der Waals surface area contributed by atoms with Crippen LogP contribution in [0.4, 0.5) is 5.69 Å². The van der Waals surface area contributed by atoms with Gasteiger partial charge in [0.05, 0.1) is 7.05 Å². The van der Waals surface area contributed by atoms with Gasteiger partial charge in [-0.15, -0.1) is 0 Å². The number of phenols is 1. The van der Waals surface area contributed by atoms with E-state index >= 15 is 0 Å². The van der Waals surface area contributed by atoms with E-state index in [1.165, 1.54) is 11.3 Å². The Morgan fingerprint density at radius 2 is 1.60 bits per heavy atom. The van der Waals surface area contributed by atoms with E-state index in [0.717, 1.165) is 5.56 Å². The third-order valence-electron chi connectivity index (χ3n) is 2.45. The van der Waals surface area contributed by atoms with E-state index in [1.54, 1.807) is 12.1 Å². The summed E-state index contributed by atoms with van der Waals surface area (Å²) < 4.78 is 0. The average molecular weight is 200 g/mol. The van der Waals surface area contributed by atoms with Gasteiger partial charge < -0.3 is 10.4 Å². The molecule has 2 aromatic rings. The molecule has 0 unspecified atom stereocenters. The van der Waals surface area contributed by atoms with E-state index in [-0.39, 0.29) is 0 Å². The Morgan fingerprint density at radius 1 is 0.933 bits per heavy atom. The largest absolute Gasteiger partial charge is 0.508 e. The number of rotatable bonds is 2. The van der Waals surface area contributed by atoms with E-state index in [9.17, 15) is 5.11 Å². The monoisotopic (exact) mass is 200 g/mol. The minimum atomic E-state index is 0.303. The summed E-state index contributed by atoms with van der Waals surface area (Å²) in [5.74, 6) is 0.303. The molecule has 0 aliphatic rings. The van der Waals surface area contributed by atoms with Crippen molar-refractivity contribution in [3.63, 3.8) is 0 Å². The highest BCUT2D eigenvalue weighted by Gasteiger charge is 2.05. The van der Waals surface area contributed by atoms with Gasteiger partial charge in [0.15, 0.2) is 0 Å². The van der Waals surface area contributed by atoms with Crippen molar-refractivity contribution in [2.24, 2.45) is 0 Å². The van der Waals surface area contributed by atoms with Gasteiger partial charge in [0.2, 0.25) is 0 Å². The molecule has 0 saturated carbocycles. The van der Waals surface area contributed by atoms with Crippen LogP contribution >= 0.6 is 0 Å². The lowest BCUT2D eigenvalue weighted by Crippen LogP contribution is -2.72. The van der Waals surface area contributed by atoms with Gasteiger partial charge in [0, 0.05) is 5.56 Å². The van der Waals surface area contributed by atoms with Crippen molar-refractivity contribution in [1.29, 1.82) is 0 Å². The van der Waals surface area contributed by atoms with Crippen molar-refractivity contribution < 1.29 is 10.4 Å². The molecule has 0 aromatic heterocycles. The van der Waals surface area contributed by atoms with Gasteiger partial charge in [0.25, 0.3) is 0 Å². The third kappa shape index (κ3) is 2.00. The standard InChI is InChI=1S/C13H13NO/c1-14-13-5-3-2-4-12(13)10-6-8-11(15)9-7-10/h2-9,14-15H,1H3/p+1. The van der Waals surface area contributed by atoms with Crippen LogP contribution in [0, 0.1) is 0 Å². The summed E-state index contributed by atoms with van der Waals surface area (Å²) in [5.41, 5.74) is 3.53. The Hall–Kier alpha value is -1.80. The highest BCUT2D eigenvalue weighted by molar-refractivity contribution is 5.73. The molecule has 2 nitrogen and oxygen atoms in total. The molecule has 0 spiro atoms. The molecule has 0 bridgehead atoms. The molecule has 0 saturated heterocycles. The minimum absolute atomic E-state index is 0.303. The zero-order valence-electron chi connectivity index (χ0n) is 8.64. The zero-order valence-corrected chi connectivity index (χ0v) is 8.64. The molecule has 0 atom stereocenters. The zero-order chi connectivity index (χ0) is 10.7. The van der Waals surface area contributed by atoms with Crippen LogP contribution in [0.1, 0.15) is 0 Å². The number of phenolic OH excluding ortho intramolecular Hbond substituents is 1. The van der Waals surface area contributed by atoms with E-state index in [4.69, 9.17) is 0 Å². The maximum absolute atomic E-state index is 9.22. The maximum atomic E-state index is 9.22. The number of benzene rings is 2. The molecule has 2 aromatic carbocycles. The minimum Gasteiger partial charge on any atom is -0.508 e. The van der Waals surface area contributed by atoms with Crippen LogP contribution in [0.2, 0.25) is 0 Å². The van der Waals surface area contributed by atoms with Crippen molar-refractivity contribution in [2.75, 3.05) is 7.05 Å². The summed E-state index contributed by atoms with van der Waals surface area (Å²) >= 11 is 0. The maximum Gasteiger partial charge on any atom is 0.137 e. The normalized spacial score (nSPS) is 10.2. The lowest BCUT2D eigenvalue weighted by Gasteiger charge is -2.05. The summed E-state index contributed by atoms with van der Waals surface area (Å²) in [6.45, 7) is 0. The highest BCUT2D eigenvalue weighted by Crippen LogP contribution is 2.25. The first kappa shape index (κ1) is 9.74. The van der Waals surface area contributed by atoms with Crippen molar-refractivity contribution in [1.82, 2.24) is 0 Å². The molecule has 0 fully saturated rings. The Kier molecular flexibility index (Phi) is 2.70. The summed E-state index contributed by atoms with van der Waals surface area (Å²) in [7, 11) is 2.03. The van der Waals surface area contributed by atoms with Crippen LogP contribution < -0.4 is 5.32 Å². The van der Waals surface area contributed by atoms with Crippen LogP contribution in [0.25, 0.3) is 11.1 Å². The lowest BCUT2D eigenvalue weighted by molar-refractivity contribution is -0.538. The fourth-order valence-electron chi connectivity index (χ4n) is 1.65. The fraction of sp³-hybridized carbons (Fsp3) is 0.0769. The summed E-state index contributed by atoms with van der Waals surface area (Å²) in [6.07, 6.45) is 0. The summed E-state index contributed by atoms with van der Waals surface area (Å²) in [5, 5.41) is 11.3. The molecule has 0 amide bonds.